The first kappa shape index (κ1) is 38.0. The second kappa shape index (κ2) is 20.4. The third-order valence-corrected chi connectivity index (χ3v) is 217. The van der Waals surface area contributed by atoms with Gasteiger partial charge in [-0.05, 0) is 0 Å². The van der Waals surface area contributed by atoms with E-state index in [0.29, 0.717) is 0 Å². The molecule has 1 fully saturated rings. The van der Waals surface area contributed by atoms with Gasteiger partial charge in [-0.1, -0.05) is 0 Å². The summed E-state index contributed by atoms with van der Waals surface area (Å²) in [5, 5.41) is 2.97. The van der Waals surface area contributed by atoms with Gasteiger partial charge in [0.25, 0.3) is 0 Å². The van der Waals surface area contributed by atoms with Crippen LogP contribution >= 0.6 is 0 Å². The van der Waals surface area contributed by atoms with Crippen LogP contribution in [0.3, 0.4) is 0 Å². The first-order valence-corrected chi connectivity index (χ1v) is 52.7. The van der Waals surface area contributed by atoms with E-state index in [1.54, 1.807) is 17.4 Å². The predicted octanol–water partition coefficient (Wildman–Crippen LogP) is 6.53. The summed E-state index contributed by atoms with van der Waals surface area (Å²) in [5.74, 6) is 0. The van der Waals surface area contributed by atoms with Gasteiger partial charge in [-0.2, -0.15) is 0 Å². The second-order valence-corrected chi connectivity index (χ2v) is 106. The number of benzene rings is 6. The maximum absolute atomic E-state index is 2.64. The quantitative estimate of drug-likeness (QED) is 0.167. The van der Waals surface area contributed by atoms with Gasteiger partial charge in [0, 0.05) is 0 Å². The molecule has 51 heavy (non-hydrogen) atoms. The average molecular weight is 1040 g/mol. The van der Waals surface area contributed by atoms with Crippen LogP contribution in [0.4, 0.5) is 0 Å². The van der Waals surface area contributed by atoms with Crippen molar-refractivity contribution in [3.05, 3.63) is 182 Å². The molecule has 6 unspecified atom stereocenters. The fourth-order valence-electron chi connectivity index (χ4n) is 6.82. The fraction of sp³-hybridized carbons (Fsp3) is 0.200. The molecule has 0 radical (unpaired) electrons. The molecule has 0 nitrogen and oxygen atoms in total. The minimum absolute atomic E-state index is 1.41. The third kappa shape index (κ3) is 10.1. The third-order valence-electron chi connectivity index (χ3n) is 9.29. The molecule has 0 bridgehead atoms. The van der Waals surface area contributed by atoms with Gasteiger partial charge in [0.1, 0.15) is 0 Å². The van der Waals surface area contributed by atoms with E-state index in [0.717, 1.165) is 0 Å². The molecular formula is C45H48As6. The molecule has 7 rings (SSSR count). The molecule has 0 spiro atoms. The van der Waals surface area contributed by atoms with E-state index in [2.05, 4.69) is 182 Å². The van der Waals surface area contributed by atoms with Crippen LogP contribution in [0.1, 0.15) is 44.9 Å². The second-order valence-electron chi connectivity index (χ2n) is 12.9. The van der Waals surface area contributed by atoms with Crippen molar-refractivity contribution in [3.8, 4) is 0 Å². The van der Waals surface area contributed by atoms with Crippen LogP contribution < -0.4 is 26.1 Å². The standard InChI is InChI=1S/C45H48As6/c1-2-4-24-38-46(40-26-12-6-13-27-40)48(42-30-16-8-17-31-42)50(44-34-20-10-21-35-44)51(45-36-22-11-23-37-45)49(43-32-18-9-19-33-43)47(39-25-5-3-1)41-28-14-7-15-29-41/h6-23,26-37H,1-5,24-25,38-39H2. The molecule has 1 aliphatic rings. The van der Waals surface area contributed by atoms with Crippen LogP contribution in [0.25, 0.3) is 0 Å². The Balaban J connectivity index is 1.55. The van der Waals surface area contributed by atoms with Crippen molar-refractivity contribution in [2.75, 3.05) is 0 Å². The predicted molar refractivity (Wildman–Crippen MR) is 233 cm³/mol. The van der Waals surface area contributed by atoms with Gasteiger partial charge in [-0.3, -0.25) is 0 Å². The molecule has 1 aliphatic heterocycles. The van der Waals surface area contributed by atoms with Crippen molar-refractivity contribution in [3.63, 3.8) is 0 Å². The topological polar surface area (TPSA) is 0 Å². The average Bonchev–Trinajstić information content (AvgIpc) is 3.22. The van der Waals surface area contributed by atoms with Gasteiger partial charge in [0.15, 0.2) is 0 Å². The monoisotopic (exact) mass is 1040 g/mol. The summed E-state index contributed by atoms with van der Waals surface area (Å²) in [6.45, 7) is 0. The molecule has 6 aromatic rings. The molecule has 6 atom stereocenters. The van der Waals surface area contributed by atoms with Crippen LogP contribution in [0.15, 0.2) is 182 Å². The Morgan fingerprint density at radius 1 is 0.216 bits per heavy atom. The molecule has 0 N–H and O–H groups in total. The van der Waals surface area contributed by atoms with E-state index in [4.69, 9.17) is 0 Å². The van der Waals surface area contributed by atoms with Crippen LogP contribution in [-0.4, -0.2) is 67.2 Å². The van der Waals surface area contributed by atoms with Crippen LogP contribution in [-0.2, 0) is 0 Å². The first-order chi connectivity index (χ1) is 25.4. The first-order valence-electron chi connectivity index (χ1n) is 18.4. The summed E-state index contributed by atoms with van der Waals surface area (Å²) in [6, 6.07) is 73.6. The van der Waals surface area contributed by atoms with Crippen LogP contribution in [0, 0.1) is 0 Å². The Kier molecular flexibility index (Phi) is 15.2. The minimum atomic E-state index is -1.63. The van der Waals surface area contributed by atoms with E-state index < -0.39 is 67.2 Å². The van der Waals surface area contributed by atoms with Crippen molar-refractivity contribution >= 4 is 93.4 Å². The van der Waals surface area contributed by atoms with Crippen molar-refractivity contribution < 1.29 is 0 Å². The Hall–Kier alpha value is -1.33. The zero-order valence-electron chi connectivity index (χ0n) is 29.4. The molecule has 258 valence electrons. The van der Waals surface area contributed by atoms with Gasteiger partial charge in [0.05, 0.1) is 0 Å². The molecule has 0 aromatic heterocycles. The van der Waals surface area contributed by atoms with Gasteiger partial charge in [0.2, 0.25) is 0 Å². The van der Waals surface area contributed by atoms with Gasteiger partial charge < -0.3 is 0 Å². The van der Waals surface area contributed by atoms with Gasteiger partial charge in [-0.25, -0.2) is 0 Å². The molecule has 6 aromatic carbocycles. The summed E-state index contributed by atoms with van der Waals surface area (Å²) in [6.07, 6.45) is 9.92. The molecule has 0 saturated carbocycles. The zero-order chi connectivity index (χ0) is 34.5. The van der Waals surface area contributed by atoms with Gasteiger partial charge >= 0.3 is 331 Å². The SMILES string of the molecule is c1ccc([As]2CCCCCCCCC[As](c3ccccc3)[As](c3ccccc3)[As](c3ccccc3)[As](c3ccccc3)[As]2c2ccccc2)cc1. The maximum atomic E-state index is 2.64. The Bertz CT molecular complexity index is 1700. The zero-order valence-corrected chi connectivity index (χ0v) is 40.6. The number of hydrogen-bond acceptors (Lipinski definition) is 0. The van der Waals surface area contributed by atoms with Crippen molar-refractivity contribution in [1.29, 1.82) is 0 Å². The summed E-state index contributed by atoms with van der Waals surface area (Å²) in [7, 11) is -6.39. The van der Waals surface area contributed by atoms with Crippen molar-refractivity contribution in [2.24, 2.45) is 0 Å². The van der Waals surface area contributed by atoms with Crippen molar-refractivity contribution in [1.82, 2.24) is 0 Å². The Morgan fingerprint density at radius 3 is 0.706 bits per heavy atom. The van der Waals surface area contributed by atoms with E-state index in [1.807, 2.05) is 8.70 Å². The van der Waals surface area contributed by atoms with E-state index in [9.17, 15) is 0 Å². The van der Waals surface area contributed by atoms with E-state index in [-0.39, 0.29) is 0 Å². The Labute approximate surface area is 326 Å². The number of hydrogen-bond donors (Lipinski definition) is 0. The van der Waals surface area contributed by atoms with Gasteiger partial charge in [-0.15, -0.1) is 0 Å². The van der Waals surface area contributed by atoms with Crippen molar-refractivity contribution in [2.45, 2.75) is 55.4 Å². The number of rotatable bonds is 6. The van der Waals surface area contributed by atoms with Crippen LogP contribution in [0.5, 0.6) is 0 Å². The summed E-state index contributed by atoms with van der Waals surface area (Å²) < 4.78 is 10.8. The van der Waals surface area contributed by atoms with E-state index >= 15 is 0 Å². The molecular weight excluding hydrogens is 990 g/mol. The summed E-state index contributed by atoms with van der Waals surface area (Å²) in [5.41, 5.74) is 0. The summed E-state index contributed by atoms with van der Waals surface area (Å²) in [4.78, 5) is 0. The molecule has 1 heterocycles. The fourth-order valence-corrected chi connectivity index (χ4v) is 411. The molecule has 1 saturated heterocycles. The Morgan fingerprint density at radius 2 is 0.431 bits per heavy atom. The molecule has 0 amide bonds. The normalized spacial score (nSPS) is 23.8. The summed E-state index contributed by atoms with van der Waals surface area (Å²) >= 11 is -2.88. The molecule has 0 aliphatic carbocycles. The van der Waals surface area contributed by atoms with Crippen LogP contribution in [0.2, 0.25) is 10.4 Å². The van der Waals surface area contributed by atoms with E-state index in [1.165, 1.54) is 55.4 Å². The molecule has 6 heteroatoms.